The molecule has 0 atom stereocenters. The van der Waals surface area contributed by atoms with E-state index in [-0.39, 0.29) is 5.91 Å². The lowest BCUT2D eigenvalue weighted by Gasteiger charge is -2.29. The van der Waals surface area contributed by atoms with Crippen molar-refractivity contribution >= 4 is 23.0 Å². The van der Waals surface area contributed by atoms with Crippen LogP contribution in [-0.2, 0) is 4.79 Å². The number of rotatable bonds is 4. The SMILES string of the molecule is CC(C)(O)C(=O)Nc1c(N2CCCC2)cccc1N1CCCC1. The fourth-order valence-corrected chi connectivity index (χ4v) is 3.37. The lowest BCUT2D eigenvalue weighted by atomic mass is 10.1. The van der Waals surface area contributed by atoms with E-state index in [2.05, 4.69) is 33.3 Å². The summed E-state index contributed by atoms with van der Waals surface area (Å²) in [4.78, 5) is 17.0. The van der Waals surface area contributed by atoms with Crippen molar-refractivity contribution < 1.29 is 9.90 Å². The van der Waals surface area contributed by atoms with Crippen molar-refractivity contribution in [2.75, 3.05) is 41.3 Å². The fourth-order valence-electron chi connectivity index (χ4n) is 3.37. The Labute approximate surface area is 138 Å². The predicted octanol–water partition coefficient (Wildman–Crippen LogP) is 2.60. The first-order chi connectivity index (χ1) is 11.0. The number of aliphatic hydroxyl groups is 1. The van der Waals surface area contributed by atoms with Gasteiger partial charge in [-0.15, -0.1) is 0 Å². The van der Waals surface area contributed by atoms with Crippen molar-refractivity contribution in [3.63, 3.8) is 0 Å². The Morgan fingerprint density at radius 3 is 1.83 bits per heavy atom. The molecule has 0 aromatic heterocycles. The van der Waals surface area contributed by atoms with Crippen molar-refractivity contribution in [2.24, 2.45) is 0 Å². The predicted molar refractivity (Wildman–Crippen MR) is 94.3 cm³/mol. The quantitative estimate of drug-likeness (QED) is 0.896. The van der Waals surface area contributed by atoms with Gasteiger partial charge >= 0.3 is 0 Å². The zero-order valence-electron chi connectivity index (χ0n) is 14.1. The minimum Gasteiger partial charge on any atom is -0.381 e. The fraction of sp³-hybridized carbons (Fsp3) is 0.611. The van der Waals surface area contributed by atoms with Gasteiger partial charge in [0.1, 0.15) is 5.60 Å². The van der Waals surface area contributed by atoms with Gasteiger partial charge in [0.2, 0.25) is 0 Å². The first kappa shape index (κ1) is 16.1. The Balaban J connectivity index is 1.98. The van der Waals surface area contributed by atoms with Crippen LogP contribution in [0.5, 0.6) is 0 Å². The zero-order chi connectivity index (χ0) is 16.4. The molecule has 1 aromatic carbocycles. The van der Waals surface area contributed by atoms with E-state index in [1.54, 1.807) is 0 Å². The van der Waals surface area contributed by atoms with Crippen LogP contribution in [-0.4, -0.2) is 42.8 Å². The van der Waals surface area contributed by atoms with E-state index in [9.17, 15) is 9.90 Å². The van der Waals surface area contributed by atoms with Crippen molar-refractivity contribution in [1.29, 1.82) is 0 Å². The lowest BCUT2D eigenvalue weighted by Crippen LogP contribution is -2.37. The van der Waals surface area contributed by atoms with Gasteiger partial charge in [-0.1, -0.05) is 6.07 Å². The van der Waals surface area contributed by atoms with Crippen LogP contribution in [0.4, 0.5) is 17.1 Å². The maximum Gasteiger partial charge on any atom is 0.255 e. The Morgan fingerprint density at radius 2 is 1.43 bits per heavy atom. The third-order valence-electron chi connectivity index (χ3n) is 4.71. The molecule has 2 saturated heterocycles. The number of hydrogen-bond donors (Lipinski definition) is 2. The average molecular weight is 317 g/mol. The zero-order valence-corrected chi connectivity index (χ0v) is 14.1. The number of carbonyl (C=O) groups excluding carboxylic acids is 1. The molecule has 2 heterocycles. The number of nitrogens with one attached hydrogen (secondary N) is 1. The number of hydrogen-bond acceptors (Lipinski definition) is 4. The highest BCUT2D eigenvalue weighted by molar-refractivity contribution is 6.02. The molecule has 5 heteroatoms. The molecule has 0 bridgehead atoms. The summed E-state index contributed by atoms with van der Waals surface area (Å²) >= 11 is 0. The largest absolute Gasteiger partial charge is 0.381 e. The monoisotopic (exact) mass is 317 g/mol. The van der Waals surface area contributed by atoms with E-state index < -0.39 is 5.60 Å². The summed E-state index contributed by atoms with van der Waals surface area (Å²) in [5, 5.41) is 13.0. The maximum atomic E-state index is 12.4. The Bertz CT molecular complexity index is 534. The Kier molecular flexibility index (Phi) is 4.48. The molecule has 2 aliphatic heterocycles. The van der Waals surface area contributed by atoms with Crippen molar-refractivity contribution in [1.82, 2.24) is 0 Å². The van der Waals surface area contributed by atoms with E-state index in [1.165, 1.54) is 39.5 Å². The van der Waals surface area contributed by atoms with Gasteiger partial charge in [0.25, 0.3) is 5.91 Å². The van der Waals surface area contributed by atoms with E-state index in [1.807, 2.05) is 0 Å². The van der Waals surface area contributed by atoms with Crippen LogP contribution < -0.4 is 15.1 Å². The van der Waals surface area contributed by atoms with Crippen molar-refractivity contribution in [3.05, 3.63) is 18.2 Å². The van der Waals surface area contributed by atoms with E-state index in [0.717, 1.165) is 43.2 Å². The molecule has 1 aromatic rings. The minimum atomic E-state index is -1.39. The third-order valence-corrected chi connectivity index (χ3v) is 4.71. The molecule has 0 radical (unpaired) electrons. The second-order valence-corrected chi connectivity index (χ2v) is 7.07. The van der Waals surface area contributed by atoms with Gasteiger partial charge in [0.15, 0.2) is 0 Å². The van der Waals surface area contributed by atoms with Gasteiger partial charge < -0.3 is 20.2 Å². The summed E-state index contributed by atoms with van der Waals surface area (Å²) in [6.45, 7) is 7.14. The molecule has 23 heavy (non-hydrogen) atoms. The van der Waals surface area contributed by atoms with Crippen molar-refractivity contribution in [2.45, 2.75) is 45.1 Å². The molecular formula is C18H27N3O2. The van der Waals surface area contributed by atoms with Gasteiger partial charge in [-0.3, -0.25) is 4.79 Å². The number of nitrogens with zero attached hydrogens (tertiary/aromatic N) is 2. The number of para-hydroxylation sites is 1. The van der Waals surface area contributed by atoms with Crippen molar-refractivity contribution in [3.8, 4) is 0 Å². The Morgan fingerprint density at radius 1 is 1.00 bits per heavy atom. The maximum absolute atomic E-state index is 12.4. The van der Waals surface area contributed by atoms with E-state index >= 15 is 0 Å². The van der Waals surface area contributed by atoms with Crippen LogP contribution in [0.2, 0.25) is 0 Å². The normalized spacial score (nSPS) is 18.6. The van der Waals surface area contributed by atoms with Crippen LogP contribution in [0.1, 0.15) is 39.5 Å². The molecule has 2 N–H and O–H groups in total. The molecule has 1 amide bonds. The highest BCUT2D eigenvalue weighted by Gasteiger charge is 2.28. The van der Waals surface area contributed by atoms with E-state index in [0.29, 0.717) is 0 Å². The molecular weight excluding hydrogens is 290 g/mol. The average Bonchev–Trinajstić information content (AvgIpc) is 3.20. The molecule has 2 fully saturated rings. The highest BCUT2D eigenvalue weighted by Crippen LogP contribution is 2.39. The number of amides is 1. The molecule has 0 unspecified atom stereocenters. The van der Waals surface area contributed by atoms with Crippen LogP contribution in [0.25, 0.3) is 0 Å². The summed E-state index contributed by atoms with van der Waals surface area (Å²) in [5.41, 5.74) is 1.61. The van der Waals surface area contributed by atoms with Gasteiger partial charge in [-0.25, -0.2) is 0 Å². The van der Waals surface area contributed by atoms with Crippen LogP contribution >= 0.6 is 0 Å². The lowest BCUT2D eigenvalue weighted by molar-refractivity contribution is -0.130. The summed E-state index contributed by atoms with van der Waals surface area (Å²) in [6, 6.07) is 6.22. The number of benzene rings is 1. The van der Waals surface area contributed by atoms with Crippen LogP contribution in [0, 0.1) is 0 Å². The smallest absolute Gasteiger partial charge is 0.255 e. The van der Waals surface area contributed by atoms with E-state index in [4.69, 9.17) is 0 Å². The topological polar surface area (TPSA) is 55.8 Å². The molecule has 0 spiro atoms. The Hall–Kier alpha value is -1.75. The standard InChI is InChI=1S/C18H27N3O2/c1-18(2,23)17(22)19-16-14(20-10-3-4-11-20)8-7-9-15(16)21-12-5-6-13-21/h7-9,23H,3-6,10-13H2,1-2H3,(H,19,22). The third kappa shape index (κ3) is 3.44. The molecule has 126 valence electrons. The van der Waals surface area contributed by atoms with Gasteiger partial charge in [0.05, 0.1) is 17.1 Å². The highest BCUT2D eigenvalue weighted by atomic mass is 16.3. The summed E-state index contributed by atoms with van der Waals surface area (Å²) in [5.74, 6) is -0.357. The summed E-state index contributed by atoms with van der Waals surface area (Å²) in [7, 11) is 0. The van der Waals surface area contributed by atoms with Gasteiger partial charge in [-0.2, -0.15) is 0 Å². The second kappa shape index (κ2) is 6.40. The van der Waals surface area contributed by atoms with Gasteiger partial charge in [0, 0.05) is 26.2 Å². The molecule has 0 aliphatic carbocycles. The molecule has 0 saturated carbocycles. The first-order valence-electron chi connectivity index (χ1n) is 8.63. The second-order valence-electron chi connectivity index (χ2n) is 7.07. The van der Waals surface area contributed by atoms with Gasteiger partial charge in [-0.05, 0) is 51.7 Å². The number of carbonyl (C=O) groups is 1. The summed E-state index contributed by atoms with van der Waals surface area (Å²) < 4.78 is 0. The van der Waals surface area contributed by atoms with Crippen LogP contribution in [0.15, 0.2) is 18.2 Å². The molecule has 2 aliphatic rings. The molecule has 3 rings (SSSR count). The van der Waals surface area contributed by atoms with Crippen LogP contribution in [0.3, 0.4) is 0 Å². The minimum absolute atomic E-state index is 0.357. The summed E-state index contributed by atoms with van der Waals surface area (Å²) in [6.07, 6.45) is 4.75. The molecule has 5 nitrogen and oxygen atoms in total. The first-order valence-corrected chi connectivity index (χ1v) is 8.63. The number of anilines is 3.